The fourth-order valence-corrected chi connectivity index (χ4v) is 16.9. The lowest BCUT2D eigenvalue weighted by atomic mass is 10.1. The zero-order valence-electron chi connectivity index (χ0n) is 69.9. The van der Waals surface area contributed by atoms with E-state index in [0.717, 1.165) is 64.3 Å². The Bertz CT molecular complexity index is 5750. The summed E-state index contributed by atoms with van der Waals surface area (Å²) >= 11 is 26.6. The minimum absolute atomic E-state index is 0.0116. The summed E-state index contributed by atoms with van der Waals surface area (Å²) in [5, 5.41) is 65.9. The Hall–Kier alpha value is -8.99. The van der Waals surface area contributed by atoms with Crippen molar-refractivity contribution < 1.29 is 75.0 Å². The van der Waals surface area contributed by atoms with E-state index in [1.54, 1.807) is 18.2 Å². The molecule has 0 saturated carbocycles. The van der Waals surface area contributed by atoms with Gasteiger partial charge in [0.15, 0.2) is 46.5 Å². The van der Waals surface area contributed by atoms with Gasteiger partial charge >= 0.3 is 0 Å². The summed E-state index contributed by atoms with van der Waals surface area (Å²) in [6.07, 6.45) is 1.30. The summed E-state index contributed by atoms with van der Waals surface area (Å²) in [4.78, 5) is 0. The molecule has 0 fully saturated rings. The number of rotatable bonds is 22. The zero-order valence-corrected chi connectivity index (χ0v) is 77.8. The molecule has 7 aromatic carbocycles. The predicted molar refractivity (Wildman–Crippen MR) is 464 cm³/mol. The molecule has 41 heteroatoms. The second kappa shape index (κ2) is 47.9. The second-order valence-electron chi connectivity index (χ2n) is 29.5. The smallest absolute Gasteiger partial charge is 0.194 e. The predicted octanol–water partition coefficient (Wildman–Crippen LogP) is 27.0. The van der Waals surface area contributed by atoms with Crippen LogP contribution in [0.4, 0.5) is 70.2 Å². The summed E-state index contributed by atoms with van der Waals surface area (Å²) in [6, 6.07) is 17.4. The molecule has 0 spiro atoms. The maximum absolute atomic E-state index is 14.0. The molecular weight excluding hydrogens is 1870 g/mol. The molecule has 14 aromatic rings. The first-order chi connectivity index (χ1) is 59.5. The van der Waals surface area contributed by atoms with Gasteiger partial charge in [0.25, 0.3) is 0 Å². The van der Waals surface area contributed by atoms with E-state index in [2.05, 4.69) is 85.2 Å². The van der Waals surface area contributed by atoms with Gasteiger partial charge in [-0.15, -0.1) is 151 Å². The fourth-order valence-electron chi connectivity index (χ4n) is 10.3. The standard InChI is InChI=1S/C13H14F2N2OS.2C12H11ClF2N2S.C12H12ClFN2S.3C12H11F3N2S/c1-7(2)13-17-16-10(19-13)6-8-4-5-9(14)12(18-3)11(8)15;1-6(2)12-17-16-10(18-12)5-7-9(14)4-3-8(13)11(7)15;1-6(2)12-17-16-9(18-12)5-7-3-4-8(14)10(13)11(7)15;1-7(2)12-16-15-10(17-12)6-8-4-3-5-9(13)11(8)14;1-6(2)12-17-16-11(18-12)5-8-9(14)3-7(13)4-10(8)15;1-6(2)12-17-16-11(18-12)4-7-3-9(14)10(15)5-8(7)13;1-6(2)12-17-16-9(18-12)5-7-3-4-8(13)11(15)10(7)14/h4-5,7H,6H2,1-3H3;2*3-4,6H,5H2,1-2H3;3-5,7H,6H2,1-2H3;3-4,6H,5H2,1-2H3;3,5-6H,4H2,1-2H3;3-4,6H,5H2,1-2H3. The van der Waals surface area contributed by atoms with Gasteiger partial charge in [-0.2, -0.15) is 0 Å². The van der Waals surface area contributed by atoms with Crippen molar-refractivity contribution in [1.29, 1.82) is 0 Å². The van der Waals surface area contributed by atoms with Crippen LogP contribution in [0, 0.1) is 93.1 Å². The number of ether oxygens (including phenoxy) is 1. The molecule has 0 saturated heterocycles. The zero-order chi connectivity index (χ0) is 92.8. The van der Waals surface area contributed by atoms with Crippen molar-refractivity contribution in [3.05, 3.63) is 308 Å². The van der Waals surface area contributed by atoms with Crippen molar-refractivity contribution in [2.45, 2.75) is 183 Å². The first-order valence-electron chi connectivity index (χ1n) is 38.3. The number of aromatic nitrogens is 14. The van der Waals surface area contributed by atoms with Crippen LogP contribution in [0.3, 0.4) is 0 Å². The van der Waals surface area contributed by atoms with E-state index < -0.39 is 92.3 Å². The lowest BCUT2D eigenvalue weighted by Gasteiger charge is -2.07. The monoisotopic (exact) mass is 1950 g/mol. The third-order valence-corrected chi connectivity index (χ3v) is 26.6. The molecule has 0 radical (unpaired) electrons. The van der Waals surface area contributed by atoms with Crippen LogP contribution in [-0.4, -0.2) is 78.5 Å². The highest BCUT2D eigenvalue weighted by atomic mass is 35.5. The highest BCUT2D eigenvalue weighted by molar-refractivity contribution is 7.13. The lowest BCUT2D eigenvalue weighted by Crippen LogP contribution is -1.99. The topological polar surface area (TPSA) is 190 Å². The second-order valence-corrected chi connectivity index (χ2v) is 38.4. The molecule has 0 bridgehead atoms. The van der Waals surface area contributed by atoms with E-state index in [0.29, 0.717) is 83.2 Å². The van der Waals surface area contributed by atoms with Crippen LogP contribution in [0.2, 0.25) is 15.1 Å². The van der Waals surface area contributed by atoms with E-state index in [9.17, 15) is 70.2 Å². The van der Waals surface area contributed by atoms with Crippen LogP contribution in [-0.2, 0) is 44.9 Å². The molecule has 0 aliphatic heterocycles. The molecule has 0 aliphatic carbocycles. The van der Waals surface area contributed by atoms with Gasteiger partial charge in [0.2, 0.25) is 0 Å². The van der Waals surface area contributed by atoms with Crippen molar-refractivity contribution >= 4 is 114 Å². The van der Waals surface area contributed by atoms with Gasteiger partial charge in [-0.25, -0.2) is 70.2 Å². The van der Waals surface area contributed by atoms with Gasteiger partial charge in [-0.1, -0.05) is 162 Å². The Morgan fingerprint density at radius 2 is 0.563 bits per heavy atom. The largest absolute Gasteiger partial charge is 0.491 e. The molecule has 7 aromatic heterocycles. The first-order valence-corrected chi connectivity index (χ1v) is 45.2. The quantitative estimate of drug-likeness (QED) is 0.0354. The van der Waals surface area contributed by atoms with Crippen molar-refractivity contribution in [1.82, 2.24) is 71.4 Å². The summed E-state index contributed by atoms with van der Waals surface area (Å²) in [6.45, 7) is 28.0. The van der Waals surface area contributed by atoms with E-state index >= 15 is 0 Å². The average Bonchev–Trinajstić information content (AvgIpc) is 1.44. The summed E-state index contributed by atoms with van der Waals surface area (Å²) in [5.41, 5.74) is 1.17. The molecule has 0 atom stereocenters. The number of benzene rings is 7. The van der Waals surface area contributed by atoms with Gasteiger partial charge in [0, 0.05) is 116 Å². The van der Waals surface area contributed by atoms with E-state index in [1.807, 2.05) is 83.1 Å². The van der Waals surface area contributed by atoms with Crippen molar-refractivity contribution in [3.8, 4) is 5.75 Å². The molecular formula is C85H81Cl3F16N14OS7. The third kappa shape index (κ3) is 29.3. The Balaban J connectivity index is 0.000000182. The van der Waals surface area contributed by atoms with E-state index in [1.165, 1.54) is 117 Å². The van der Waals surface area contributed by atoms with Crippen LogP contribution >= 0.6 is 114 Å². The summed E-state index contributed by atoms with van der Waals surface area (Å²) in [7, 11) is 1.24. The third-order valence-electron chi connectivity index (χ3n) is 17.1. The SMILES string of the molecule is CC(C)c1nnc(Cc2c(F)cc(F)cc2F)s1.CC(C)c1nnc(Cc2c(F)ccc(Cl)c2F)s1.CC(C)c1nnc(Cc2cc(F)c(F)cc2F)s1.CC(C)c1nnc(Cc2ccc(F)c(Cl)c2F)s1.CC(C)c1nnc(Cc2ccc(F)c(F)c2F)s1.CC(C)c1nnc(Cc2cccc(Cl)c2F)s1.COc1c(F)ccc(Cc2nnc(C(C)C)s2)c1F. The molecule has 0 N–H and O–H groups in total. The molecule has 0 aliphatic rings. The molecule has 126 heavy (non-hydrogen) atoms. The number of hydrogen-bond acceptors (Lipinski definition) is 22. The van der Waals surface area contributed by atoms with Crippen LogP contribution in [0.25, 0.3) is 0 Å². The summed E-state index contributed by atoms with van der Waals surface area (Å²) in [5.74, 6) is -12.5. The molecule has 0 unspecified atom stereocenters. The molecule has 0 amide bonds. The molecule has 7 heterocycles. The Kier molecular flexibility index (Phi) is 38.9. The van der Waals surface area contributed by atoms with E-state index in [-0.39, 0.29) is 112 Å². The number of hydrogen-bond donors (Lipinski definition) is 0. The molecule has 15 nitrogen and oxygen atoms in total. The van der Waals surface area contributed by atoms with Crippen LogP contribution < -0.4 is 4.74 Å². The molecule has 14 rings (SSSR count). The van der Waals surface area contributed by atoms with Crippen molar-refractivity contribution in [2.75, 3.05) is 7.11 Å². The average molecular weight is 1950 g/mol. The van der Waals surface area contributed by atoms with Crippen molar-refractivity contribution in [2.24, 2.45) is 0 Å². The lowest BCUT2D eigenvalue weighted by molar-refractivity contribution is 0.358. The Labute approximate surface area is 759 Å². The number of nitrogens with zero attached hydrogens (tertiary/aromatic N) is 14. The normalized spacial score (nSPS) is 11.2. The fraction of sp³-hybridized carbons (Fsp3) is 0.341. The van der Waals surface area contributed by atoms with E-state index in [4.69, 9.17) is 39.5 Å². The van der Waals surface area contributed by atoms with Crippen LogP contribution in [0.15, 0.2) is 91.0 Å². The Morgan fingerprint density at radius 1 is 0.254 bits per heavy atom. The van der Waals surface area contributed by atoms with Crippen LogP contribution in [0.5, 0.6) is 5.75 Å². The van der Waals surface area contributed by atoms with Crippen LogP contribution in [0.1, 0.15) is 247 Å². The minimum atomic E-state index is -1.44. The minimum Gasteiger partial charge on any atom is -0.491 e. The van der Waals surface area contributed by atoms with Gasteiger partial charge in [-0.05, 0) is 70.3 Å². The van der Waals surface area contributed by atoms with Crippen molar-refractivity contribution in [3.63, 3.8) is 0 Å². The molecule has 672 valence electrons. The van der Waals surface area contributed by atoms with Gasteiger partial charge in [-0.3, -0.25) is 0 Å². The number of methoxy groups -OCH3 is 1. The number of halogens is 19. The van der Waals surface area contributed by atoms with Gasteiger partial charge < -0.3 is 4.74 Å². The Morgan fingerprint density at radius 3 is 0.937 bits per heavy atom. The maximum atomic E-state index is 14.0. The van der Waals surface area contributed by atoms with Gasteiger partial charge in [0.05, 0.1) is 17.2 Å². The first kappa shape index (κ1) is 102. The highest BCUT2D eigenvalue weighted by Gasteiger charge is 2.24. The highest BCUT2D eigenvalue weighted by Crippen LogP contribution is 2.34. The summed E-state index contributed by atoms with van der Waals surface area (Å²) < 4.78 is 218. The van der Waals surface area contributed by atoms with Gasteiger partial charge in [0.1, 0.15) is 127 Å². The maximum Gasteiger partial charge on any atom is 0.194 e.